The van der Waals surface area contributed by atoms with Gasteiger partial charge >= 0.3 is 0 Å². The van der Waals surface area contributed by atoms with Gasteiger partial charge in [0.05, 0.1) is 18.0 Å². The number of aliphatic hydroxyl groups excluding tert-OH is 1. The van der Waals surface area contributed by atoms with Crippen LogP contribution in [0.2, 0.25) is 0 Å². The van der Waals surface area contributed by atoms with Gasteiger partial charge in [0, 0.05) is 19.3 Å². The van der Waals surface area contributed by atoms with E-state index < -0.39 is 11.9 Å². The minimum absolute atomic E-state index is 0.220. The Kier molecular flexibility index (Phi) is 4.53. The molecule has 1 aromatic heterocycles. The number of pyridine rings is 1. The number of phenols is 1. The molecule has 106 valence electrons. The second-order valence-electron chi connectivity index (χ2n) is 4.64. The van der Waals surface area contributed by atoms with Crippen LogP contribution in [-0.4, -0.2) is 28.8 Å². The molecule has 2 N–H and O–H groups in total. The molecular formula is C15H17FN2O2. The Balaban J connectivity index is 1.91. The van der Waals surface area contributed by atoms with Crippen molar-refractivity contribution in [2.75, 3.05) is 18.5 Å². The highest BCUT2D eigenvalue weighted by Gasteiger charge is 2.11. The van der Waals surface area contributed by atoms with E-state index in [0.29, 0.717) is 18.7 Å². The second kappa shape index (κ2) is 6.34. The standard InChI is InChI=1S/C15H17FN2O2/c1-18(12-3-5-13(19)6-4-12)9-8-15(20)14-7-2-11(16)10-17-14/h2-7,10,15,19-20H,8-9H2,1H3. The van der Waals surface area contributed by atoms with Gasteiger partial charge in [-0.25, -0.2) is 4.39 Å². The number of phenolic OH excluding ortho intramolecular Hbond substituents is 1. The van der Waals surface area contributed by atoms with Crippen LogP contribution in [0.5, 0.6) is 5.75 Å². The molecule has 1 atom stereocenters. The molecule has 0 bridgehead atoms. The van der Waals surface area contributed by atoms with E-state index in [-0.39, 0.29) is 5.75 Å². The third-order valence-corrected chi connectivity index (χ3v) is 3.12. The van der Waals surface area contributed by atoms with Crippen molar-refractivity contribution in [3.05, 3.63) is 54.1 Å². The van der Waals surface area contributed by atoms with Gasteiger partial charge in [0.15, 0.2) is 0 Å². The highest BCUT2D eigenvalue weighted by Crippen LogP contribution is 2.20. The normalized spacial score (nSPS) is 12.2. The minimum Gasteiger partial charge on any atom is -0.508 e. The third-order valence-electron chi connectivity index (χ3n) is 3.12. The van der Waals surface area contributed by atoms with Crippen molar-refractivity contribution >= 4 is 5.69 Å². The number of hydrogen-bond donors (Lipinski definition) is 2. The molecule has 1 unspecified atom stereocenters. The van der Waals surface area contributed by atoms with Crippen LogP contribution < -0.4 is 4.90 Å². The monoisotopic (exact) mass is 276 g/mol. The van der Waals surface area contributed by atoms with Crippen LogP contribution in [0.3, 0.4) is 0 Å². The summed E-state index contributed by atoms with van der Waals surface area (Å²) in [5, 5.41) is 19.2. The first-order valence-corrected chi connectivity index (χ1v) is 6.36. The maximum absolute atomic E-state index is 12.7. The summed E-state index contributed by atoms with van der Waals surface area (Å²) in [6.07, 6.45) is 0.855. The Morgan fingerprint density at radius 3 is 2.50 bits per heavy atom. The van der Waals surface area contributed by atoms with Crippen molar-refractivity contribution < 1.29 is 14.6 Å². The van der Waals surface area contributed by atoms with Crippen LogP contribution in [0.1, 0.15) is 18.2 Å². The Hall–Kier alpha value is -2.14. The molecule has 0 aliphatic carbocycles. The van der Waals surface area contributed by atoms with E-state index >= 15 is 0 Å². The van der Waals surface area contributed by atoms with Gasteiger partial charge < -0.3 is 15.1 Å². The molecule has 1 heterocycles. The first-order chi connectivity index (χ1) is 9.56. The van der Waals surface area contributed by atoms with Crippen LogP contribution in [0.25, 0.3) is 0 Å². The fraction of sp³-hybridized carbons (Fsp3) is 0.267. The molecule has 0 aliphatic rings. The lowest BCUT2D eigenvalue weighted by Gasteiger charge is -2.21. The van der Waals surface area contributed by atoms with Gasteiger partial charge in [-0.2, -0.15) is 0 Å². The summed E-state index contributed by atoms with van der Waals surface area (Å²) in [6.45, 7) is 0.616. The van der Waals surface area contributed by atoms with E-state index in [9.17, 15) is 14.6 Å². The fourth-order valence-electron chi connectivity index (χ4n) is 1.88. The topological polar surface area (TPSA) is 56.6 Å². The predicted molar refractivity (Wildman–Crippen MR) is 75.1 cm³/mol. The molecule has 1 aromatic carbocycles. The quantitative estimate of drug-likeness (QED) is 0.881. The van der Waals surface area contributed by atoms with Crippen LogP contribution in [0.4, 0.5) is 10.1 Å². The zero-order valence-corrected chi connectivity index (χ0v) is 11.2. The van der Waals surface area contributed by atoms with Crippen molar-refractivity contribution in [1.82, 2.24) is 4.98 Å². The highest BCUT2D eigenvalue weighted by atomic mass is 19.1. The van der Waals surface area contributed by atoms with Crippen LogP contribution in [0.15, 0.2) is 42.6 Å². The summed E-state index contributed by atoms with van der Waals surface area (Å²) in [4.78, 5) is 5.83. The fourth-order valence-corrected chi connectivity index (χ4v) is 1.88. The number of aromatic nitrogens is 1. The zero-order chi connectivity index (χ0) is 14.5. The van der Waals surface area contributed by atoms with E-state index in [1.165, 1.54) is 12.1 Å². The Bertz CT molecular complexity index is 491. The van der Waals surface area contributed by atoms with E-state index in [2.05, 4.69) is 4.98 Å². The van der Waals surface area contributed by atoms with Gasteiger partial charge in [0.2, 0.25) is 0 Å². The molecule has 4 nitrogen and oxygen atoms in total. The molecule has 0 saturated carbocycles. The molecule has 0 amide bonds. The Morgan fingerprint density at radius 1 is 1.20 bits per heavy atom. The third kappa shape index (κ3) is 3.68. The predicted octanol–water partition coefficient (Wildman–Crippen LogP) is 2.49. The molecule has 0 spiro atoms. The van der Waals surface area contributed by atoms with Gasteiger partial charge in [0.1, 0.15) is 11.6 Å². The summed E-state index contributed by atoms with van der Waals surface area (Å²) in [5.74, 6) is -0.195. The van der Waals surface area contributed by atoms with E-state index in [1.54, 1.807) is 24.3 Å². The lowest BCUT2D eigenvalue weighted by molar-refractivity contribution is 0.165. The van der Waals surface area contributed by atoms with E-state index in [1.807, 2.05) is 11.9 Å². The number of benzene rings is 1. The van der Waals surface area contributed by atoms with Gasteiger partial charge in [-0.1, -0.05) is 0 Å². The number of anilines is 1. The highest BCUT2D eigenvalue weighted by molar-refractivity contribution is 5.47. The van der Waals surface area contributed by atoms with Crippen molar-refractivity contribution in [3.8, 4) is 5.75 Å². The van der Waals surface area contributed by atoms with Gasteiger partial charge in [-0.05, 0) is 42.8 Å². The van der Waals surface area contributed by atoms with E-state index in [0.717, 1.165) is 11.9 Å². The minimum atomic E-state index is -0.727. The summed E-state index contributed by atoms with van der Waals surface area (Å²) >= 11 is 0. The first-order valence-electron chi connectivity index (χ1n) is 6.36. The number of rotatable bonds is 5. The average Bonchev–Trinajstić information content (AvgIpc) is 2.46. The van der Waals surface area contributed by atoms with Crippen LogP contribution in [-0.2, 0) is 0 Å². The maximum Gasteiger partial charge on any atom is 0.141 e. The second-order valence-corrected chi connectivity index (χ2v) is 4.64. The van der Waals surface area contributed by atoms with Gasteiger partial charge in [0.25, 0.3) is 0 Å². The molecule has 0 saturated heterocycles. The zero-order valence-electron chi connectivity index (χ0n) is 11.2. The molecule has 2 aromatic rings. The molecule has 5 heteroatoms. The molecular weight excluding hydrogens is 259 g/mol. The van der Waals surface area contributed by atoms with Gasteiger partial charge in [-0.3, -0.25) is 4.98 Å². The van der Waals surface area contributed by atoms with Crippen LogP contribution >= 0.6 is 0 Å². The van der Waals surface area contributed by atoms with Crippen molar-refractivity contribution in [3.63, 3.8) is 0 Å². The Morgan fingerprint density at radius 2 is 1.90 bits per heavy atom. The molecule has 0 radical (unpaired) electrons. The molecule has 2 rings (SSSR count). The summed E-state index contributed by atoms with van der Waals surface area (Å²) < 4.78 is 12.7. The smallest absolute Gasteiger partial charge is 0.141 e. The first kappa shape index (κ1) is 14.3. The number of nitrogens with zero attached hydrogens (tertiary/aromatic N) is 2. The number of aliphatic hydroxyl groups is 1. The van der Waals surface area contributed by atoms with Crippen molar-refractivity contribution in [1.29, 1.82) is 0 Å². The largest absolute Gasteiger partial charge is 0.508 e. The Labute approximate surface area is 117 Å². The summed E-state index contributed by atoms with van der Waals surface area (Å²) in [7, 11) is 1.90. The molecule has 0 fully saturated rings. The lowest BCUT2D eigenvalue weighted by Crippen LogP contribution is -2.20. The molecule has 20 heavy (non-hydrogen) atoms. The van der Waals surface area contributed by atoms with Crippen molar-refractivity contribution in [2.24, 2.45) is 0 Å². The summed E-state index contributed by atoms with van der Waals surface area (Å²) in [5.41, 5.74) is 1.41. The lowest BCUT2D eigenvalue weighted by atomic mass is 10.1. The number of halogens is 1. The SMILES string of the molecule is CN(CCC(O)c1ccc(F)cn1)c1ccc(O)cc1. The summed E-state index contributed by atoms with van der Waals surface area (Å²) in [6, 6.07) is 9.61. The van der Waals surface area contributed by atoms with Crippen molar-refractivity contribution in [2.45, 2.75) is 12.5 Å². The number of hydrogen-bond acceptors (Lipinski definition) is 4. The van der Waals surface area contributed by atoms with Crippen LogP contribution in [0, 0.1) is 5.82 Å². The maximum atomic E-state index is 12.7. The molecule has 0 aliphatic heterocycles. The number of aromatic hydroxyl groups is 1. The van der Waals surface area contributed by atoms with E-state index in [4.69, 9.17) is 0 Å². The van der Waals surface area contributed by atoms with Gasteiger partial charge in [-0.15, -0.1) is 0 Å². The average molecular weight is 276 g/mol.